The van der Waals surface area contributed by atoms with E-state index in [2.05, 4.69) is 31.0 Å². The summed E-state index contributed by atoms with van der Waals surface area (Å²) < 4.78 is 12.0. The molecule has 2 amide bonds. The van der Waals surface area contributed by atoms with Crippen LogP contribution in [-0.2, 0) is 17.1 Å². The maximum Gasteiger partial charge on any atom is 0.271 e. The summed E-state index contributed by atoms with van der Waals surface area (Å²) in [6.45, 7) is 0. The number of rotatable bonds is 10. The number of nitrogens with one attached hydrogen (secondary N) is 2. The number of fused-ring (bicyclic) bond motifs is 2. The predicted molar refractivity (Wildman–Crippen MR) is 283 cm³/mol. The van der Waals surface area contributed by atoms with Gasteiger partial charge in [0.1, 0.15) is 69.7 Å². The van der Waals surface area contributed by atoms with Crippen LogP contribution < -0.4 is 20.3 Å². The number of amides is 2. The van der Waals surface area contributed by atoms with Crippen molar-refractivity contribution >= 4 is 47.0 Å². The number of aromatic hydroxyl groups is 8. The quantitative estimate of drug-likeness (QED) is 0.0348. The zero-order chi connectivity index (χ0) is 53.3. The van der Waals surface area contributed by atoms with E-state index in [9.17, 15) is 50.4 Å². The van der Waals surface area contributed by atoms with E-state index in [0.29, 0.717) is 45.1 Å². The fourth-order valence-electron chi connectivity index (χ4n) is 8.08. The summed E-state index contributed by atoms with van der Waals surface area (Å²) in [7, 11) is 0. The Balaban J connectivity index is 0.000000201. The van der Waals surface area contributed by atoms with Crippen LogP contribution in [0.5, 0.6) is 57.5 Å². The van der Waals surface area contributed by atoms with Crippen molar-refractivity contribution in [3.8, 4) is 57.5 Å². The number of para-hydroxylation sites is 2. The first-order valence-corrected chi connectivity index (χ1v) is 23.4. The first-order chi connectivity index (χ1) is 36.7. The Morgan fingerprint density at radius 3 is 1.17 bits per heavy atom. The van der Waals surface area contributed by atoms with E-state index >= 15 is 0 Å². The molecule has 0 aliphatic carbocycles. The smallest absolute Gasteiger partial charge is 0.271 e. The number of phenols is 8. The summed E-state index contributed by atoms with van der Waals surface area (Å²) in [5, 5.41) is 88.3. The molecular formula is C58H46CuN6O12. The standard InChI is InChI=1S/2C29H23N3O6.Cu/c2*33-21-11-7-17(8-12-21)26-15-23(28-25(36)13-22(34)14-27(28)38-26)31-32-29(37)18-5-9-20(10-6-18)30-16-19-3-1-2-4-24(19)35;/h2*1-14,16,26,33-36H,15H2,(H,32,37);/b2*30-16?,31-23+;. The van der Waals surface area contributed by atoms with E-state index in [1.165, 1.54) is 61.0 Å². The van der Waals surface area contributed by atoms with Gasteiger partial charge in [-0.05, 0) is 108 Å². The van der Waals surface area contributed by atoms with Crippen molar-refractivity contribution < 1.29 is 77.0 Å². The third-order valence-electron chi connectivity index (χ3n) is 12.0. The number of carbonyl (C=O) groups is 2. The summed E-state index contributed by atoms with van der Waals surface area (Å²) in [4.78, 5) is 34.3. The second-order valence-electron chi connectivity index (χ2n) is 17.2. The van der Waals surface area contributed by atoms with Crippen LogP contribution in [0, 0.1) is 0 Å². The SMILES string of the molecule is O=C(N/N=C1\CC(c2ccc(O)cc2)Oc2cc(O)cc(O)c21)c1ccc(N=Cc2ccccc2O)cc1.O=C(N/N=C1\CC(c2ccc(O)cc2)Oc2cc(O)cc(O)c21)c1ccc(N=Cc2ccccc2O)cc1.[Cu]. The molecule has 18 nitrogen and oxygen atoms in total. The summed E-state index contributed by atoms with van der Waals surface area (Å²) in [5.74, 6) is -0.881. The average Bonchev–Trinajstić information content (AvgIpc) is 3.43. The molecule has 0 fully saturated rings. The monoisotopic (exact) mass is 1080 g/mol. The molecule has 10 rings (SSSR count). The molecule has 0 bridgehead atoms. The number of hydrazone groups is 2. The number of ether oxygens (including phenoxy) is 2. The van der Waals surface area contributed by atoms with E-state index < -0.39 is 24.0 Å². The summed E-state index contributed by atoms with van der Waals surface area (Å²) in [6, 6.07) is 44.7. The molecule has 10 N–H and O–H groups in total. The molecule has 2 unspecified atom stereocenters. The minimum absolute atomic E-state index is 0. The molecule has 0 aromatic heterocycles. The molecule has 2 heterocycles. The maximum atomic E-state index is 12.8. The average molecular weight is 1080 g/mol. The second kappa shape index (κ2) is 23.8. The van der Waals surface area contributed by atoms with Gasteiger partial charge in [0.2, 0.25) is 0 Å². The van der Waals surface area contributed by atoms with Gasteiger partial charge in [-0.2, -0.15) is 10.2 Å². The van der Waals surface area contributed by atoms with Gasteiger partial charge < -0.3 is 50.3 Å². The van der Waals surface area contributed by atoms with E-state index in [0.717, 1.165) is 11.1 Å². The Bertz CT molecular complexity index is 3340. The van der Waals surface area contributed by atoms with E-state index in [1.54, 1.807) is 121 Å². The zero-order valence-electron chi connectivity index (χ0n) is 40.2. The molecule has 0 spiro atoms. The Hall–Kier alpha value is -10.1. The number of phenolic OH excluding ortho intramolecular Hbond substituents is 8. The normalized spacial score (nSPS) is 15.5. The van der Waals surface area contributed by atoms with Gasteiger partial charge >= 0.3 is 0 Å². The number of carbonyl (C=O) groups excluding carboxylic acids is 2. The number of hydrogen-bond donors (Lipinski definition) is 10. The zero-order valence-corrected chi connectivity index (χ0v) is 41.1. The van der Waals surface area contributed by atoms with Gasteiger partial charge in [-0.25, -0.2) is 10.9 Å². The van der Waals surface area contributed by atoms with Crippen LogP contribution in [0.2, 0.25) is 0 Å². The first kappa shape index (κ1) is 53.2. The van der Waals surface area contributed by atoms with Gasteiger partial charge in [0.05, 0.1) is 33.9 Å². The molecule has 77 heavy (non-hydrogen) atoms. The predicted octanol–water partition coefficient (Wildman–Crippen LogP) is 9.83. The van der Waals surface area contributed by atoms with Gasteiger partial charge in [-0.1, -0.05) is 48.5 Å². The van der Waals surface area contributed by atoms with Gasteiger partial charge in [-0.15, -0.1) is 0 Å². The molecule has 0 saturated carbocycles. The van der Waals surface area contributed by atoms with Gasteiger partial charge in [0.15, 0.2) is 0 Å². The van der Waals surface area contributed by atoms with Crippen molar-refractivity contribution in [3.63, 3.8) is 0 Å². The molecule has 2 atom stereocenters. The topological polar surface area (TPSA) is 288 Å². The molecule has 8 aromatic carbocycles. The van der Waals surface area contributed by atoms with Crippen molar-refractivity contribution in [2.24, 2.45) is 20.2 Å². The van der Waals surface area contributed by atoms with E-state index in [1.807, 2.05) is 0 Å². The van der Waals surface area contributed by atoms with Crippen molar-refractivity contribution in [1.82, 2.24) is 10.9 Å². The minimum atomic E-state index is -0.527. The van der Waals surface area contributed by atoms with Crippen LogP contribution in [0.25, 0.3) is 0 Å². The second-order valence-corrected chi connectivity index (χ2v) is 17.2. The van der Waals surface area contributed by atoms with Crippen molar-refractivity contribution in [3.05, 3.63) is 214 Å². The number of nitrogens with zero attached hydrogens (tertiary/aromatic N) is 4. The van der Waals surface area contributed by atoms with E-state index in [-0.39, 0.29) is 98.5 Å². The van der Waals surface area contributed by atoms with Gasteiger partial charge in [0, 0.05) is 88.9 Å². The first-order valence-electron chi connectivity index (χ1n) is 23.4. The molecular weight excluding hydrogens is 1040 g/mol. The van der Waals surface area contributed by atoms with Gasteiger partial charge in [-0.3, -0.25) is 19.6 Å². The number of aliphatic imine (C=N–C) groups is 2. The minimum Gasteiger partial charge on any atom is -0.508 e. The van der Waals surface area contributed by atoms with Crippen LogP contribution in [0.3, 0.4) is 0 Å². The Labute approximate surface area is 450 Å². The molecule has 2 aliphatic heterocycles. The van der Waals surface area contributed by atoms with Gasteiger partial charge in [0.25, 0.3) is 11.8 Å². The third-order valence-corrected chi connectivity index (χ3v) is 12.0. The maximum absolute atomic E-state index is 12.8. The molecule has 19 heteroatoms. The molecule has 8 aromatic rings. The number of benzene rings is 8. The summed E-state index contributed by atoms with van der Waals surface area (Å²) >= 11 is 0. The molecule has 1 radical (unpaired) electrons. The Kier molecular flexibility index (Phi) is 16.5. The fraction of sp³-hybridized carbons (Fsp3) is 0.0690. The summed E-state index contributed by atoms with van der Waals surface area (Å²) in [6.07, 6.45) is 2.45. The Morgan fingerprint density at radius 2 is 0.805 bits per heavy atom. The van der Waals surface area contributed by atoms with E-state index in [4.69, 9.17) is 9.47 Å². The van der Waals surface area contributed by atoms with Crippen LogP contribution in [0.4, 0.5) is 11.4 Å². The largest absolute Gasteiger partial charge is 0.508 e. The van der Waals surface area contributed by atoms with Crippen molar-refractivity contribution in [2.75, 3.05) is 0 Å². The molecule has 391 valence electrons. The van der Waals surface area contributed by atoms with Crippen LogP contribution in [0.15, 0.2) is 190 Å². The number of hydrogen-bond acceptors (Lipinski definition) is 16. The van der Waals surface area contributed by atoms with Crippen LogP contribution in [-0.4, -0.2) is 76.5 Å². The fourth-order valence-corrected chi connectivity index (χ4v) is 8.08. The summed E-state index contributed by atoms with van der Waals surface area (Å²) in [5.41, 5.74) is 10.8. The van der Waals surface area contributed by atoms with Crippen LogP contribution in [0.1, 0.15) is 79.1 Å². The molecule has 0 saturated heterocycles. The van der Waals surface area contributed by atoms with Crippen molar-refractivity contribution in [2.45, 2.75) is 25.0 Å². The van der Waals surface area contributed by atoms with Crippen LogP contribution >= 0.6 is 0 Å². The Morgan fingerprint density at radius 1 is 0.442 bits per heavy atom. The molecule has 2 aliphatic rings. The third kappa shape index (κ3) is 13.0. The van der Waals surface area contributed by atoms with Crippen molar-refractivity contribution in [1.29, 1.82) is 0 Å².